The molecule has 0 saturated carbocycles. The van der Waals surface area contributed by atoms with E-state index in [4.69, 9.17) is 18.7 Å². The second kappa shape index (κ2) is 7.57. The third-order valence-corrected chi connectivity index (χ3v) is 3.64. The van der Waals surface area contributed by atoms with Crippen molar-refractivity contribution >= 4 is 5.69 Å². The minimum Gasteiger partial charge on any atom is -0.497 e. The van der Waals surface area contributed by atoms with Crippen LogP contribution < -0.4 is 19.5 Å². The highest BCUT2D eigenvalue weighted by atomic mass is 16.5. The van der Waals surface area contributed by atoms with E-state index in [2.05, 4.69) is 15.5 Å². The number of nitrogens with zero attached hydrogens (tertiary/aromatic N) is 2. The molecule has 1 aromatic heterocycles. The van der Waals surface area contributed by atoms with Crippen LogP contribution in [0.3, 0.4) is 0 Å². The van der Waals surface area contributed by atoms with Gasteiger partial charge in [0, 0.05) is 11.3 Å². The fraction of sp³-hybridized carbons (Fsp3) is 0.222. The Balaban J connectivity index is 1.69. The van der Waals surface area contributed by atoms with Crippen molar-refractivity contribution in [3.8, 4) is 28.6 Å². The highest BCUT2D eigenvalue weighted by Crippen LogP contribution is 2.31. The summed E-state index contributed by atoms with van der Waals surface area (Å²) in [5.74, 6) is 3.05. The van der Waals surface area contributed by atoms with E-state index in [0.29, 0.717) is 29.8 Å². The number of methoxy groups -OCH3 is 3. The van der Waals surface area contributed by atoms with E-state index < -0.39 is 0 Å². The predicted octanol–water partition coefficient (Wildman–Crippen LogP) is 3.37. The van der Waals surface area contributed by atoms with Gasteiger partial charge in [0.25, 0.3) is 0 Å². The van der Waals surface area contributed by atoms with Crippen LogP contribution >= 0.6 is 0 Å². The topological polar surface area (TPSA) is 78.6 Å². The first-order valence-corrected chi connectivity index (χ1v) is 7.66. The Morgan fingerprint density at radius 1 is 0.920 bits per heavy atom. The summed E-state index contributed by atoms with van der Waals surface area (Å²) in [7, 11) is 4.81. The van der Waals surface area contributed by atoms with Crippen LogP contribution in [0.25, 0.3) is 11.4 Å². The predicted molar refractivity (Wildman–Crippen MR) is 93.2 cm³/mol. The quantitative estimate of drug-likeness (QED) is 0.706. The molecule has 0 radical (unpaired) electrons. The summed E-state index contributed by atoms with van der Waals surface area (Å²) in [5.41, 5.74) is 1.73. The monoisotopic (exact) mass is 341 g/mol. The largest absolute Gasteiger partial charge is 0.497 e. The Morgan fingerprint density at radius 3 is 2.36 bits per heavy atom. The minimum absolute atomic E-state index is 0.423. The molecule has 0 saturated heterocycles. The molecule has 0 fully saturated rings. The molecule has 0 aliphatic rings. The van der Waals surface area contributed by atoms with Crippen LogP contribution in [-0.2, 0) is 6.54 Å². The van der Waals surface area contributed by atoms with Crippen LogP contribution in [0.4, 0.5) is 5.69 Å². The molecule has 0 spiro atoms. The molecule has 3 aromatic rings. The van der Waals surface area contributed by atoms with Gasteiger partial charge in [-0.1, -0.05) is 5.16 Å². The van der Waals surface area contributed by atoms with E-state index in [9.17, 15) is 0 Å². The first kappa shape index (κ1) is 16.6. The maximum atomic E-state index is 5.30. The van der Waals surface area contributed by atoms with Gasteiger partial charge < -0.3 is 24.1 Å². The molecule has 7 heteroatoms. The number of anilines is 1. The van der Waals surface area contributed by atoms with Gasteiger partial charge in [-0.05, 0) is 42.5 Å². The van der Waals surface area contributed by atoms with Crippen molar-refractivity contribution in [3.05, 3.63) is 48.4 Å². The lowest BCUT2D eigenvalue weighted by atomic mass is 10.2. The average Bonchev–Trinajstić information content (AvgIpc) is 3.15. The van der Waals surface area contributed by atoms with Crippen molar-refractivity contribution in [2.45, 2.75) is 6.54 Å². The molecule has 0 aliphatic heterocycles. The summed E-state index contributed by atoms with van der Waals surface area (Å²) in [6.07, 6.45) is 0. The third-order valence-electron chi connectivity index (χ3n) is 3.64. The zero-order chi connectivity index (χ0) is 17.6. The molecule has 0 amide bonds. The first-order chi connectivity index (χ1) is 12.2. The molecule has 0 bridgehead atoms. The second-order valence-corrected chi connectivity index (χ2v) is 5.16. The number of aromatic nitrogens is 2. The Kier molecular flexibility index (Phi) is 5.03. The van der Waals surface area contributed by atoms with Gasteiger partial charge in [-0.25, -0.2) is 0 Å². The number of rotatable bonds is 7. The molecule has 0 unspecified atom stereocenters. The lowest BCUT2D eigenvalue weighted by Gasteiger charge is -2.07. The van der Waals surface area contributed by atoms with E-state index >= 15 is 0 Å². The summed E-state index contributed by atoms with van der Waals surface area (Å²) in [5, 5.41) is 7.24. The Morgan fingerprint density at radius 2 is 1.68 bits per heavy atom. The smallest absolute Gasteiger partial charge is 0.246 e. The van der Waals surface area contributed by atoms with Crippen LogP contribution in [-0.4, -0.2) is 31.5 Å². The number of nitrogens with one attached hydrogen (secondary N) is 1. The Hall–Kier alpha value is -3.22. The lowest BCUT2D eigenvalue weighted by molar-refractivity contribution is 0.355. The van der Waals surface area contributed by atoms with Crippen molar-refractivity contribution in [1.82, 2.24) is 10.1 Å². The van der Waals surface area contributed by atoms with Gasteiger partial charge in [0.05, 0.1) is 27.9 Å². The lowest BCUT2D eigenvalue weighted by Crippen LogP contribution is -1.99. The van der Waals surface area contributed by atoms with Gasteiger partial charge >= 0.3 is 0 Å². The van der Waals surface area contributed by atoms with Crippen LogP contribution in [0.15, 0.2) is 47.0 Å². The molecule has 1 heterocycles. The molecular formula is C18H19N3O4. The van der Waals surface area contributed by atoms with Crippen LogP contribution in [0.5, 0.6) is 17.2 Å². The number of ether oxygens (including phenoxy) is 3. The average molecular weight is 341 g/mol. The minimum atomic E-state index is 0.423. The van der Waals surface area contributed by atoms with Gasteiger partial charge in [-0.2, -0.15) is 4.98 Å². The molecule has 3 rings (SSSR count). The van der Waals surface area contributed by atoms with Crippen LogP contribution in [0.1, 0.15) is 5.89 Å². The maximum absolute atomic E-state index is 5.30. The SMILES string of the molecule is COc1ccc(NCc2nc(-c3ccc(OC)c(OC)c3)no2)cc1. The third kappa shape index (κ3) is 3.82. The Labute approximate surface area is 145 Å². The zero-order valence-corrected chi connectivity index (χ0v) is 14.3. The van der Waals surface area contributed by atoms with Gasteiger partial charge in [-0.3, -0.25) is 0 Å². The van der Waals surface area contributed by atoms with Crippen molar-refractivity contribution in [2.75, 3.05) is 26.6 Å². The maximum Gasteiger partial charge on any atom is 0.246 e. The van der Waals surface area contributed by atoms with Gasteiger partial charge in [0.1, 0.15) is 5.75 Å². The van der Waals surface area contributed by atoms with E-state index in [1.54, 1.807) is 27.4 Å². The van der Waals surface area contributed by atoms with E-state index in [0.717, 1.165) is 17.0 Å². The van der Waals surface area contributed by atoms with Gasteiger partial charge in [0.2, 0.25) is 11.7 Å². The molecule has 7 nitrogen and oxygen atoms in total. The summed E-state index contributed by atoms with van der Waals surface area (Å²) in [4.78, 5) is 4.40. The van der Waals surface area contributed by atoms with E-state index in [-0.39, 0.29) is 0 Å². The zero-order valence-electron chi connectivity index (χ0n) is 14.3. The van der Waals surface area contributed by atoms with Crippen molar-refractivity contribution in [1.29, 1.82) is 0 Å². The number of benzene rings is 2. The fourth-order valence-electron chi connectivity index (χ4n) is 2.31. The molecule has 2 aromatic carbocycles. The highest BCUT2D eigenvalue weighted by Gasteiger charge is 2.12. The highest BCUT2D eigenvalue weighted by molar-refractivity contribution is 5.60. The van der Waals surface area contributed by atoms with Crippen LogP contribution in [0.2, 0.25) is 0 Å². The summed E-state index contributed by atoms with van der Waals surface area (Å²) < 4.78 is 21.0. The Bertz CT molecular complexity index is 831. The summed E-state index contributed by atoms with van der Waals surface area (Å²) in [6, 6.07) is 13.1. The fourth-order valence-corrected chi connectivity index (χ4v) is 2.31. The second-order valence-electron chi connectivity index (χ2n) is 5.16. The van der Waals surface area contributed by atoms with Gasteiger partial charge in [0.15, 0.2) is 11.5 Å². The normalized spacial score (nSPS) is 10.4. The molecule has 130 valence electrons. The molecule has 25 heavy (non-hydrogen) atoms. The van der Waals surface area contributed by atoms with E-state index in [1.807, 2.05) is 36.4 Å². The molecule has 0 aliphatic carbocycles. The standard InChI is InChI=1S/C18H19N3O4/c1-22-14-7-5-13(6-8-14)19-11-17-20-18(21-25-17)12-4-9-15(23-2)16(10-12)24-3/h4-10,19H,11H2,1-3H3. The van der Waals surface area contributed by atoms with Crippen molar-refractivity contribution < 1.29 is 18.7 Å². The van der Waals surface area contributed by atoms with Gasteiger partial charge in [-0.15, -0.1) is 0 Å². The summed E-state index contributed by atoms with van der Waals surface area (Å²) >= 11 is 0. The van der Waals surface area contributed by atoms with Crippen molar-refractivity contribution in [2.24, 2.45) is 0 Å². The molecule has 0 atom stereocenters. The summed E-state index contributed by atoms with van der Waals surface area (Å²) in [6.45, 7) is 0.423. The van der Waals surface area contributed by atoms with E-state index in [1.165, 1.54) is 0 Å². The first-order valence-electron chi connectivity index (χ1n) is 7.66. The molecule has 1 N–H and O–H groups in total. The van der Waals surface area contributed by atoms with Crippen molar-refractivity contribution in [3.63, 3.8) is 0 Å². The van der Waals surface area contributed by atoms with Crippen LogP contribution in [0, 0.1) is 0 Å². The number of hydrogen-bond donors (Lipinski definition) is 1. The number of hydrogen-bond acceptors (Lipinski definition) is 7. The molecular weight excluding hydrogens is 322 g/mol.